The zero-order valence-corrected chi connectivity index (χ0v) is 15.5. The molecule has 9 heteroatoms. The molecule has 9 nitrogen and oxygen atoms in total. The fourth-order valence-electron chi connectivity index (χ4n) is 2.71. The van der Waals surface area contributed by atoms with Crippen molar-refractivity contribution in [2.24, 2.45) is 10.7 Å². The Balaban J connectivity index is 1.81. The summed E-state index contributed by atoms with van der Waals surface area (Å²) in [6, 6.07) is 7.49. The molecule has 2 heterocycles. The van der Waals surface area contributed by atoms with Gasteiger partial charge < -0.3 is 20.5 Å². The normalized spacial score (nSPS) is 15.4. The maximum absolute atomic E-state index is 9.53. The average Bonchev–Trinajstić information content (AvgIpc) is 2.74. The van der Waals surface area contributed by atoms with E-state index in [1.807, 2.05) is 6.07 Å². The van der Waals surface area contributed by atoms with Gasteiger partial charge in [0.2, 0.25) is 5.95 Å². The molecule has 0 amide bonds. The molecule has 2 aromatic rings. The van der Waals surface area contributed by atoms with E-state index in [-0.39, 0.29) is 6.10 Å². The molecule has 1 aliphatic heterocycles. The lowest BCUT2D eigenvalue weighted by Crippen LogP contribution is -2.26. The Kier molecular flexibility index (Phi) is 6.49. The maximum Gasteiger partial charge on any atom is 0.230 e. The fraction of sp³-hybridized carbons (Fsp3) is 0.316. The Morgan fingerprint density at radius 1 is 1.39 bits per heavy atom. The first kappa shape index (κ1) is 19.3. The highest BCUT2D eigenvalue weighted by molar-refractivity contribution is 5.82. The third kappa shape index (κ3) is 4.81. The number of nitrogens with zero attached hydrogens (tertiary/aromatic N) is 5. The topological polar surface area (TPSA) is 131 Å². The van der Waals surface area contributed by atoms with E-state index < -0.39 is 0 Å². The number of hydrogen-bond acceptors (Lipinski definition) is 9. The number of benzene rings is 1. The summed E-state index contributed by atoms with van der Waals surface area (Å²) >= 11 is 0. The van der Waals surface area contributed by atoms with Crippen LogP contribution in [0.25, 0.3) is 11.4 Å². The van der Waals surface area contributed by atoms with Gasteiger partial charge >= 0.3 is 0 Å². The van der Waals surface area contributed by atoms with Crippen molar-refractivity contribution in [2.75, 3.05) is 25.6 Å². The molecule has 1 aromatic carbocycles. The molecule has 28 heavy (non-hydrogen) atoms. The standard InChI is InChI=1S/C19H21N7O2/c1-22-11-15(10-21)25-19-24-12-23-18(26-19)13-2-3-17(14(8-13)9-20)28-16-4-6-27-7-5-16/h2-3,8,10-12,16H,4-7,21H2,1H3,(H,23,24,25,26). The summed E-state index contributed by atoms with van der Waals surface area (Å²) in [7, 11) is 1.64. The van der Waals surface area contributed by atoms with Crippen molar-refractivity contribution in [3.8, 4) is 23.2 Å². The lowest BCUT2D eigenvalue weighted by molar-refractivity contribution is 0.0254. The predicted octanol–water partition coefficient (Wildman–Crippen LogP) is 1.88. The summed E-state index contributed by atoms with van der Waals surface area (Å²) in [4.78, 5) is 16.6. The summed E-state index contributed by atoms with van der Waals surface area (Å²) in [6.07, 6.45) is 5.99. The van der Waals surface area contributed by atoms with Crippen molar-refractivity contribution in [1.29, 1.82) is 5.26 Å². The number of allylic oxidation sites excluding steroid dienone is 1. The van der Waals surface area contributed by atoms with Crippen molar-refractivity contribution in [2.45, 2.75) is 18.9 Å². The van der Waals surface area contributed by atoms with Gasteiger partial charge in [-0.1, -0.05) is 0 Å². The molecule has 0 radical (unpaired) electrons. The molecule has 1 aromatic heterocycles. The Morgan fingerprint density at radius 2 is 2.21 bits per heavy atom. The third-order valence-electron chi connectivity index (χ3n) is 4.10. The van der Waals surface area contributed by atoms with Crippen LogP contribution < -0.4 is 15.8 Å². The number of nitrogens with two attached hydrogens (primary N) is 1. The molecule has 0 unspecified atom stereocenters. The maximum atomic E-state index is 9.53. The van der Waals surface area contributed by atoms with E-state index in [0.717, 1.165) is 12.8 Å². The average molecular weight is 379 g/mol. The Bertz CT molecular complexity index is 915. The van der Waals surface area contributed by atoms with Crippen LogP contribution in [0.5, 0.6) is 5.75 Å². The minimum Gasteiger partial charge on any atom is -0.489 e. The summed E-state index contributed by atoms with van der Waals surface area (Å²) in [6.45, 7) is 1.35. The van der Waals surface area contributed by atoms with E-state index in [2.05, 4.69) is 31.3 Å². The van der Waals surface area contributed by atoms with Gasteiger partial charge in [-0.05, 0) is 18.2 Å². The van der Waals surface area contributed by atoms with Crippen molar-refractivity contribution in [1.82, 2.24) is 15.0 Å². The van der Waals surface area contributed by atoms with E-state index in [9.17, 15) is 5.26 Å². The minimum atomic E-state index is 0.0568. The van der Waals surface area contributed by atoms with E-state index in [4.69, 9.17) is 15.2 Å². The van der Waals surface area contributed by atoms with E-state index in [0.29, 0.717) is 47.6 Å². The van der Waals surface area contributed by atoms with Gasteiger partial charge in [-0.25, -0.2) is 9.97 Å². The van der Waals surface area contributed by atoms with Gasteiger partial charge in [0.25, 0.3) is 0 Å². The Labute approximate surface area is 163 Å². The molecule has 1 fully saturated rings. The molecule has 144 valence electrons. The van der Waals surface area contributed by atoms with Gasteiger partial charge in [0, 0.05) is 37.9 Å². The van der Waals surface area contributed by atoms with E-state index >= 15 is 0 Å². The molecule has 1 saturated heterocycles. The van der Waals surface area contributed by atoms with Crippen molar-refractivity contribution < 1.29 is 9.47 Å². The van der Waals surface area contributed by atoms with Crippen LogP contribution in [0.4, 0.5) is 5.95 Å². The molecule has 0 spiro atoms. The number of anilines is 1. The molecule has 3 rings (SSSR count). The quantitative estimate of drug-likeness (QED) is 0.727. The summed E-state index contributed by atoms with van der Waals surface area (Å²) in [5, 5.41) is 12.5. The predicted molar refractivity (Wildman–Crippen MR) is 105 cm³/mol. The van der Waals surface area contributed by atoms with E-state index in [1.54, 1.807) is 25.4 Å². The second-order valence-electron chi connectivity index (χ2n) is 6.02. The molecule has 0 saturated carbocycles. The number of hydrogen-bond donors (Lipinski definition) is 2. The number of nitrogens with one attached hydrogen (secondary N) is 1. The Hall–Kier alpha value is -3.51. The fourth-order valence-corrected chi connectivity index (χ4v) is 2.71. The second-order valence-corrected chi connectivity index (χ2v) is 6.02. The van der Waals surface area contributed by atoms with Gasteiger partial charge in [-0.3, -0.25) is 4.99 Å². The second kappa shape index (κ2) is 9.43. The van der Waals surface area contributed by atoms with Crippen LogP contribution in [0.3, 0.4) is 0 Å². The number of aromatic nitrogens is 3. The lowest BCUT2D eigenvalue weighted by atomic mass is 10.1. The zero-order valence-electron chi connectivity index (χ0n) is 15.5. The molecule has 3 N–H and O–H groups in total. The number of ether oxygens (including phenoxy) is 2. The number of nitriles is 1. The van der Waals surface area contributed by atoms with Crippen molar-refractivity contribution in [3.63, 3.8) is 0 Å². The van der Waals surface area contributed by atoms with Crippen LogP contribution in [-0.2, 0) is 4.74 Å². The third-order valence-corrected chi connectivity index (χ3v) is 4.10. The van der Waals surface area contributed by atoms with Crippen LogP contribution in [-0.4, -0.2) is 47.5 Å². The Morgan fingerprint density at radius 3 is 2.93 bits per heavy atom. The van der Waals surface area contributed by atoms with Crippen LogP contribution in [0, 0.1) is 11.3 Å². The molecular weight excluding hydrogens is 358 g/mol. The largest absolute Gasteiger partial charge is 0.489 e. The SMILES string of the molecule is CN=CC(=CN)Nc1ncnc(-c2ccc(OC3CCOCC3)c(C#N)c2)n1. The summed E-state index contributed by atoms with van der Waals surface area (Å²) < 4.78 is 11.3. The van der Waals surface area contributed by atoms with Crippen LogP contribution in [0.2, 0.25) is 0 Å². The highest BCUT2D eigenvalue weighted by atomic mass is 16.5. The first-order valence-corrected chi connectivity index (χ1v) is 8.82. The smallest absolute Gasteiger partial charge is 0.230 e. The highest BCUT2D eigenvalue weighted by Crippen LogP contribution is 2.27. The highest BCUT2D eigenvalue weighted by Gasteiger charge is 2.17. The van der Waals surface area contributed by atoms with Gasteiger partial charge in [-0.2, -0.15) is 10.2 Å². The summed E-state index contributed by atoms with van der Waals surface area (Å²) in [5.74, 6) is 1.30. The monoisotopic (exact) mass is 379 g/mol. The number of rotatable bonds is 6. The minimum absolute atomic E-state index is 0.0568. The molecular formula is C19H21N7O2. The van der Waals surface area contributed by atoms with Crippen LogP contribution >= 0.6 is 0 Å². The molecule has 1 aliphatic rings. The van der Waals surface area contributed by atoms with Gasteiger partial charge in [0.15, 0.2) is 5.82 Å². The van der Waals surface area contributed by atoms with Crippen LogP contribution in [0.15, 0.2) is 41.4 Å². The van der Waals surface area contributed by atoms with Gasteiger partial charge in [-0.15, -0.1) is 0 Å². The molecule has 0 aliphatic carbocycles. The first-order valence-electron chi connectivity index (χ1n) is 8.82. The molecule has 0 atom stereocenters. The number of aliphatic imine (C=N–C) groups is 1. The zero-order chi connectivity index (χ0) is 19.8. The van der Waals surface area contributed by atoms with Crippen molar-refractivity contribution >= 4 is 12.2 Å². The first-order chi connectivity index (χ1) is 13.7. The molecule has 0 bridgehead atoms. The van der Waals surface area contributed by atoms with E-state index in [1.165, 1.54) is 12.5 Å². The van der Waals surface area contributed by atoms with Gasteiger partial charge in [0.05, 0.1) is 24.5 Å². The van der Waals surface area contributed by atoms with Crippen LogP contribution in [0.1, 0.15) is 18.4 Å². The van der Waals surface area contributed by atoms with Crippen molar-refractivity contribution in [3.05, 3.63) is 42.0 Å². The van der Waals surface area contributed by atoms with Gasteiger partial charge in [0.1, 0.15) is 24.3 Å². The summed E-state index contributed by atoms with van der Waals surface area (Å²) in [5.41, 5.74) is 7.21. The lowest BCUT2D eigenvalue weighted by Gasteiger charge is -2.23.